The Kier molecular flexibility index (Phi) is 9.48. The normalized spacial score (nSPS) is 13.6. The minimum atomic E-state index is -0.475. The molecule has 0 saturated carbocycles. The largest absolute Gasteiger partial charge is 0.455 e. The Balaban J connectivity index is 1.05. The highest BCUT2D eigenvalue weighted by Crippen LogP contribution is 2.46. The van der Waals surface area contributed by atoms with Crippen LogP contribution in [0.25, 0.3) is 55.4 Å². The first kappa shape index (κ1) is 36.7. The highest BCUT2D eigenvalue weighted by molar-refractivity contribution is 6.17. The van der Waals surface area contributed by atoms with E-state index in [1.54, 1.807) is 0 Å². The lowest BCUT2D eigenvalue weighted by atomic mass is 10.0. The van der Waals surface area contributed by atoms with Gasteiger partial charge < -0.3 is 14.6 Å². The third kappa shape index (κ3) is 6.99. The fourth-order valence-corrected chi connectivity index (χ4v) is 8.31. The lowest BCUT2D eigenvalue weighted by molar-refractivity contribution is 0.652. The van der Waals surface area contributed by atoms with Gasteiger partial charge in [0.1, 0.15) is 17.0 Å². The standard InChI is InChI=1S/C56H39N5O/c1-5-16-38(17-6-1)40-28-32-44(33-29-40)61(45-34-30-41(31-35-45)39-18-7-2-8-19-39)50-37-36-46(53-52(50)47-24-13-14-27-51(47)62-53)48-25-15-26-49(57-48)56-59-54(42-20-9-3-10-21-42)58-55(60-56)43-22-11-4-12-23-43/h1-37,56H,(H,58,59,60). The maximum absolute atomic E-state index is 6.86. The highest BCUT2D eigenvalue weighted by Gasteiger charge is 2.25. The number of aliphatic imine (C=N–C) groups is 2. The number of hydrogen-bond donors (Lipinski definition) is 1. The van der Waals surface area contributed by atoms with Gasteiger partial charge in [0, 0.05) is 33.5 Å². The van der Waals surface area contributed by atoms with E-state index in [0.717, 1.165) is 84.0 Å². The van der Waals surface area contributed by atoms with E-state index in [1.165, 1.54) is 11.1 Å². The van der Waals surface area contributed by atoms with Crippen LogP contribution >= 0.6 is 0 Å². The first-order valence-electron chi connectivity index (χ1n) is 20.8. The number of para-hydroxylation sites is 1. The summed E-state index contributed by atoms with van der Waals surface area (Å²) in [5.74, 6) is 1.40. The summed E-state index contributed by atoms with van der Waals surface area (Å²) in [6, 6.07) is 77.6. The molecule has 8 aromatic carbocycles. The van der Waals surface area contributed by atoms with Gasteiger partial charge in [-0.15, -0.1) is 0 Å². The number of furan rings is 1. The lowest BCUT2D eigenvalue weighted by Crippen LogP contribution is -2.34. The van der Waals surface area contributed by atoms with E-state index < -0.39 is 6.17 Å². The average Bonchev–Trinajstić information content (AvgIpc) is 3.76. The molecular weight excluding hydrogens is 759 g/mol. The number of aromatic nitrogens is 1. The van der Waals surface area contributed by atoms with Crippen LogP contribution in [0.1, 0.15) is 23.0 Å². The predicted octanol–water partition coefficient (Wildman–Crippen LogP) is 13.9. The Morgan fingerprint density at radius 2 is 0.984 bits per heavy atom. The number of benzene rings is 8. The van der Waals surface area contributed by atoms with Crippen LogP contribution in [0, 0.1) is 0 Å². The minimum Gasteiger partial charge on any atom is -0.455 e. The van der Waals surface area contributed by atoms with Gasteiger partial charge in [-0.05, 0) is 76.9 Å². The van der Waals surface area contributed by atoms with Crippen molar-refractivity contribution >= 4 is 50.7 Å². The van der Waals surface area contributed by atoms with Crippen molar-refractivity contribution in [2.24, 2.45) is 9.98 Å². The van der Waals surface area contributed by atoms with Crippen molar-refractivity contribution in [1.82, 2.24) is 10.3 Å². The SMILES string of the molecule is c1ccc(C2=NC(c3cccc(-c4ccc(N(c5ccc(-c6ccccc6)cc5)c5ccc(-c6ccccc6)cc5)c5c4oc4ccccc45)n3)NC(c3ccccc3)=N2)cc1. The van der Waals surface area contributed by atoms with Crippen molar-refractivity contribution < 1.29 is 4.42 Å². The van der Waals surface area contributed by atoms with E-state index >= 15 is 0 Å². The molecule has 6 nitrogen and oxygen atoms in total. The summed E-state index contributed by atoms with van der Waals surface area (Å²) in [5.41, 5.74) is 13.7. The Labute approximate surface area is 359 Å². The van der Waals surface area contributed by atoms with Gasteiger partial charge in [-0.1, -0.05) is 170 Å². The molecule has 0 saturated heterocycles. The summed E-state index contributed by atoms with van der Waals surface area (Å²) >= 11 is 0. The number of rotatable bonds is 9. The third-order valence-corrected chi connectivity index (χ3v) is 11.4. The molecule has 3 heterocycles. The van der Waals surface area contributed by atoms with Crippen LogP contribution in [-0.2, 0) is 0 Å². The molecule has 1 N–H and O–H groups in total. The number of nitrogens with zero attached hydrogens (tertiary/aromatic N) is 4. The van der Waals surface area contributed by atoms with Gasteiger partial charge in [0.05, 0.1) is 22.5 Å². The molecule has 0 fully saturated rings. The van der Waals surface area contributed by atoms with Crippen LogP contribution in [0.5, 0.6) is 0 Å². The van der Waals surface area contributed by atoms with E-state index in [-0.39, 0.29) is 0 Å². The van der Waals surface area contributed by atoms with Crippen molar-refractivity contribution in [2.45, 2.75) is 6.17 Å². The second kappa shape index (κ2) is 16.0. The molecule has 0 amide bonds. The molecule has 11 rings (SSSR count). The zero-order chi connectivity index (χ0) is 41.2. The zero-order valence-electron chi connectivity index (χ0n) is 33.6. The Morgan fingerprint density at radius 1 is 0.452 bits per heavy atom. The quantitative estimate of drug-likeness (QED) is 0.158. The summed E-state index contributed by atoms with van der Waals surface area (Å²) in [7, 11) is 0. The maximum Gasteiger partial charge on any atom is 0.165 e. The second-order valence-electron chi connectivity index (χ2n) is 15.2. The van der Waals surface area contributed by atoms with Crippen LogP contribution in [-0.4, -0.2) is 16.7 Å². The van der Waals surface area contributed by atoms with E-state index in [1.807, 2.05) is 91.0 Å². The van der Waals surface area contributed by atoms with Gasteiger partial charge in [-0.2, -0.15) is 0 Å². The Hall–Kier alpha value is -8.35. The molecule has 10 aromatic rings. The number of amidine groups is 2. The van der Waals surface area contributed by atoms with Crippen LogP contribution in [0.2, 0.25) is 0 Å². The molecule has 0 radical (unpaired) electrons. The first-order chi connectivity index (χ1) is 30.7. The van der Waals surface area contributed by atoms with Gasteiger partial charge in [0.15, 0.2) is 12.0 Å². The van der Waals surface area contributed by atoms with Crippen molar-refractivity contribution in [1.29, 1.82) is 0 Å². The third-order valence-electron chi connectivity index (χ3n) is 11.4. The number of pyridine rings is 1. The van der Waals surface area contributed by atoms with Gasteiger partial charge in [-0.25, -0.2) is 15.0 Å². The van der Waals surface area contributed by atoms with Crippen LogP contribution in [0.15, 0.2) is 239 Å². The molecule has 62 heavy (non-hydrogen) atoms. The van der Waals surface area contributed by atoms with Crippen LogP contribution < -0.4 is 10.2 Å². The average molecular weight is 798 g/mol. The minimum absolute atomic E-state index is 0.475. The topological polar surface area (TPSA) is 66.0 Å². The van der Waals surface area contributed by atoms with Crippen LogP contribution in [0.3, 0.4) is 0 Å². The Morgan fingerprint density at radius 3 is 1.60 bits per heavy atom. The van der Waals surface area contributed by atoms with Crippen molar-refractivity contribution in [2.75, 3.05) is 4.90 Å². The zero-order valence-corrected chi connectivity index (χ0v) is 33.6. The highest BCUT2D eigenvalue weighted by atomic mass is 16.3. The van der Waals surface area contributed by atoms with Crippen molar-refractivity contribution in [3.63, 3.8) is 0 Å². The van der Waals surface area contributed by atoms with E-state index in [2.05, 4.69) is 144 Å². The molecular formula is C56H39N5O. The molecule has 1 aliphatic heterocycles. The Bertz CT molecular complexity index is 3150. The molecule has 0 aliphatic carbocycles. The molecule has 294 valence electrons. The first-order valence-corrected chi connectivity index (χ1v) is 20.8. The van der Waals surface area contributed by atoms with E-state index in [4.69, 9.17) is 19.4 Å². The summed E-state index contributed by atoms with van der Waals surface area (Å²) in [4.78, 5) is 17.7. The molecule has 6 heteroatoms. The summed E-state index contributed by atoms with van der Waals surface area (Å²) in [6.07, 6.45) is -0.475. The molecule has 1 atom stereocenters. The fourth-order valence-electron chi connectivity index (χ4n) is 8.31. The van der Waals surface area contributed by atoms with Crippen molar-refractivity contribution in [3.05, 3.63) is 241 Å². The van der Waals surface area contributed by atoms with Gasteiger partial charge in [0.2, 0.25) is 0 Å². The summed E-state index contributed by atoms with van der Waals surface area (Å²) < 4.78 is 6.86. The second-order valence-corrected chi connectivity index (χ2v) is 15.2. The van der Waals surface area contributed by atoms with Crippen LogP contribution in [0.4, 0.5) is 17.1 Å². The molecule has 2 aromatic heterocycles. The van der Waals surface area contributed by atoms with Crippen molar-refractivity contribution in [3.8, 4) is 33.5 Å². The van der Waals surface area contributed by atoms with Gasteiger partial charge in [-0.3, -0.25) is 0 Å². The maximum atomic E-state index is 6.86. The number of nitrogens with one attached hydrogen (secondary N) is 1. The number of anilines is 3. The number of hydrogen-bond acceptors (Lipinski definition) is 6. The molecule has 1 aliphatic rings. The number of fused-ring (bicyclic) bond motifs is 3. The monoisotopic (exact) mass is 797 g/mol. The lowest BCUT2D eigenvalue weighted by Gasteiger charge is -2.27. The fraction of sp³-hybridized carbons (Fsp3) is 0.0179. The van der Waals surface area contributed by atoms with Gasteiger partial charge >= 0.3 is 0 Å². The molecule has 1 unspecified atom stereocenters. The van der Waals surface area contributed by atoms with E-state index in [0.29, 0.717) is 5.84 Å². The summed E-state index contributed by atoms with van der Waals surface area (Å²) in [6.45, 7) is 0. The molecule has 0 bridgehead atoms. The smallest absolute Gasteiger partial charge is 0.165 e. The predicted molar refractivity (Wildman–Crippen MR) is 254 cm³/mol. The summed E-state index contributed by atoms with van der Waals surface area (Å²) in [5, 5.41) is 5.61. The van der Waals surface area contributed by atoms with E-state index in [9.17, 15) is 0 Å². The van der Waals surface area contributed by atoms with Gasteiger partial charge in [0.25, 0.3) is 0 Å². The molecule has 0 spiro atoms.